The molecule has 1 aliphatic rings. The highest BCUT2D eigenvalue weighted by atomic mass is 79.9. The van der Waals surface area contributed by atoms with Crippen molar-refractivity contribution in [2.75, 3.05) is 12.4 Å². The lowest BCUT2D eigenvalue weighted by Crippen LogP contribution is -2.21. The van der Waals surface area contributed by atoms with E-state index in [9.17, 15) is 0 Å². The number of alkyl halides is 1. The summed E-state index contributed by atoms with van der Waals surface area (Å²) in [6.45, 7) is 9.98. The molecule has 4 rings (SSSR count). The van der Waals surface area contributed by atoms with E-state index in [1.54, 1.807) is 7.11 Å². The zero-order chi connectivity index (χ0) is 22.1. The maximum atomic E-state index is 6.49. The van der Waals surface area contributed by atoms with E-state index in [4.69, 9.17) is 9.15 Å². The number of hydrogen-bond donors (Lipinski definition) is 0. The van der Waals surface area contributed by atoms with E-state index < -0.39 is 17.6 Å². The first-order valence-electron chi connectivity index (χ1n) is 11.4. The van der Waals surface area contributed by atoms with Crippen molar-refractivity contribution in [2.45, 2.75) is 56.4 Å². The van der Waals surface area contributed by atoms with Crippen LogP contribution in [0.1, 0.15) is 29.3 Å². The minimum Gasteiger partial charge on any atom is -0.496 e. The lowest BCUT2D eigenvalue weighted by Gasteiger charge is -2.23. The smallest absolute Gasteiger partial charge is 0.134 e. The molecular formula is C25H34BrNO2Si2. The number of benzene rings is 2. The van der Waals surface area contributed by atoms with Gasteiger partial charge in [0.05, 0.1) is 30.7 Å². The first kappa shape index (κ1) is 22.8. The number of rotatable bonds is 9. The Labute approximate surface area is 198 Å². The highest BCUT2D eigenvalue weighted by Crippen LogP contribution is 2.48. The molecule has 0 aliphatic carbocycles. The van der Waals surface area contributed by atoms with E-state index >= 15 is 0 Å². The number of ether oxygens (including phenoxy) is 1. The van der Waals surface area contributed by atoms with Gasteiger partial charge in [0, 0.05) is 27.6 Å². The number of methoxy groups -OCH3 is 1. The predicted molar refractivity (Wildman–Crippen MR) is 140 cm³/mol. The minimum atomic E-state index is -0.827. The van der Waals surface area contributed by atoms with Gasteiger partial charge in [-0.25, -0.2) is 0 Å². The third-order valence-corrected chi connectivity index (χ3v) is 11.7. The lowest BCUT2D eigenvalue weighted by molar-refractivity contribution is 0.353. The largest absolute Gasteiger partial charge is 0.496 e. The number of halogens is 1. The maximum Gasteiger partial charge on any atom is 0.134 e. The zero-order valence-corrected chi connectivity index (χ0v) is 23.2. The van der Waals surface area contributed by atoms with Crippen molar-refractivity contribution in [1.82, 2.24) is 4.90 Å². The molecule has 0 saturated carbocycles. The molecular weight excluding hydrogens is 482 g/mol. The van der Waals surface area contributed by atoms with Gasteiger partial charge >= 0.3 is 0 Å². The molecule has 1 fully saturated rings. The van der Waals surface area contributed by atoms with Crippen molar-refractivity contribution in [3.8, 4) is 5.75 Å². The van der Waals surface area contributed by atoms with E-state index in [1.165, 1.54) is 16.5 Å². The van der Waals surface area contributed by atoms with E-state index in [-0.39, 0.29) is 6.04 Å². The van der Waals surface area contributed by atoms with Crippen LogP contribution in [0.5, 0.6) is 5.75 Å². The van der Waals surface area contributed by atoms with Crippen LogP contribution in [0.25, 0.3) is 11.0 Å². The molecule has 3 aromatic rings. The van der Waals surface area contributed by atoms with Crippen molar-refractivity contribution in [2.24, 2.45) is 0 Å². The van der Waals surface area contributed by atoms with Crippen LogP contribution in [0, 0.1) is 0 Å². The summed E-state index contributed by atoms with van der Waals surface area (Å²) in [5, 5.41) is 2.20. The fourth-order valence-corrected chi connectivity index (χ4v) is 12.2. The van der Waals surface area contributed by atoms with Gasteiger partial charge in [0.15, 0.2) is 0 Å². The summed E-state index contributed by atoms with van der Waals surface area (Å²) in [6.07, 6.45) is 2.20. The predicted octanol–water partition coefficient (Wildman–Crippen LogP) is 5.96. The second-order valence-corrected chi connectivity index (χ2v) is 16.5. The monoisotopic (exact) mass is 515 g/mol. The molecule has 31 heavy (non-hydrogen) atoms. The van der Waals surface area contributed by atoms with E-state index in [2.05, 4.69) is 95.5 Å². The van der Waals surface area contributed by atoms with Crippen LogP contribution in [0.4, 0.5) is 0 Å². The van der Waals surface area contributed by atoms with Crippen molar-refractivity contribution in [3.05, 3.63) is 65.4 Å². The van der Waals surface area contributed by atoms with Crippen LogP contribution in [0.2, 0.25) is 26.2 Å². The first-order valence-corrected chi connectivity index (χ1v) is 18.5. The molecule has 6 heteroatoms. The van der Waals surface area contributed by atoms with Crippen LogP contribution < -0.4 is 4.74 Å². The van der Waals surface area contributed by atoms with Crippen LogP contribution in [0.15, 0.2) is 52.9 Å². The Morgan fingerprint density at radius 2 is 1.74 bits per heavy atom. The van der Waals surface area contributed by atoms with Gasteiger partial charge in [-0.1, -0.05) is 72.4 Å². The molecule has 2 aromatic carbocycles. The number of hydrogen-bond acceptors (Lipinski definition) is 3. The summed E-state index contributed by atoms with van der Waals surface area (Å²) < 4.78 is 12.4. The highest BCUT2D eigenvalue weighted by molar-refractivity contribution is 9.09. The molecule has 2 heterocycles. The summed E-state index contributed by atoms with van der Waals surface area (Å²) in [6, 6.07) is 17.5. The van der Waals surface area contributed by atoms with Gasteiger partial charge in [-0.05, 0) is 36.6 Å². The van der Waals surface area contributed by atoms with E-state index in [0.29, 0.717) is 0 Å². The zero-order valence-electron chi connectivity index (χ0n) is 19.3. The maximum absolute atomic E-state index is 6.49. The average Bonchev–Trinajstić information content (AvgIpc) is 3.35. The molecule has 3 atom stereocenters. The molecule has 0 spiro atoms. The Morgan fingerprint density at radius 3 is 2.35 bits per heavy atom. The molecule has 0 bridgehead atoms. The second kappa shape index (κ2) is 9.65. The van der Waals surface area contributed by atoms with E-state index in [1.807, 2.05) is 0 Å². The number of nitrogens with zero attached hydrogens (tertiary/aromatic N) is 1. The topological polar surface area (TPSA) is 25.4 Å². The fraction of sp³-hybridized carbons (Fsp3) is 0.440. The third kappa shape index (κ3) is 4.58. The molecule has 166 valence electrons. The lowest BCUT2D eigenvalue weighted by atomic mass is 9.98. The van der Waals surface area contributed by atoms with Gasteiger partial charge in [-0.3, -0.25) is 4.90 Å². The van der Waals surface area contributed by atoms with Gasteiger partial charge in [-0.2, -0.15) is 0 Å². The number of para-hydroxylation sites is 1. The minimum absolute atomic E-state index is 0.117. The van der Waals surface area contributed by atoms with Crippen LogP contribution >= 0.6 is 15.9 Å². The Morgan fingerprint density at radius 1 is 1.03 bits per heavy atom. The highest BCUT2D eigenvalue weighted by Gasteiger charge is 2.55. The van der Waals surface area contributed by atoms with Crippen molar-refractivity contribution in [3.63, 3.8) is 0 Å². The molecule has 1 aromatic heterocycles. The standard InChI is InChI=1S/C25H34BrNO2Si2/c1-28-21-13-12-17(9-8-14-26)15-19(21)23(27-24(30(2)3)25(27)31(4)5)22-16-18-10-6-7-11-20(18)29-22/h6-7,10-13,15-16,23-25,30-31H,8-9,14H2,1-5H3. The van der Waals surface area contributed by atoms with Crippen LogP contribution in [0.3, 0.4) is 0 Å². The summed E-state index contributed by atoms with van der Waals surface area (Å²) >= 11 is 3.58. The molecule has 0 radical (unpaired) electrons. The van der Waals surface area contributed by atoms with Gasteiger partial charge in [0.2, 0.25) is 0 Å². The molecule has 0 amide bonds. The van der Waals surface area contributed by atoms with Crippen molar-refractivity contribution < 1.29 is 9.15 Å². The van der Waals surface area contributed by atoms with Crippen molar-refractivity contribution in [1.29, 1.82) is 0 Å². The van der Waals surface area contributed by atoms with Gasteiger partial charge < -0.3 is 9.15 Å². The van der Waals surface area contributed by atoms with Gasteiger partial charge in [0.1, 0.15) is 17.1 Å². The summed E-state index contributed by atoms with van der Waals surface area (Å²) in [5.41, 5.74) is 5.07. The number of fused-ring (bicyclic) bond motifs is 1. The van der Waals surface area contributed by atoms with E-state index in [0.717, 1.165) is 46.6 Å². The number of furan rings is 1. The Hall–Kier alpha value is -1.35. The Balaban J connectivity index is 1.85. The van der Waals surface area contributed by atoms with Crippen molar-refractivity contribution >= 4 is 44.5 Å². The SMILES string of the molecule is COc1ccc(CCCBr)cc1C(c1cc2ccccc2o1)N1C([SiH](C)C)C1[SiH](C)C. The molecule has 1 saturated heterocycles. The first-order chi connectivity index (χ1) is 15.0. The average molecular weight is 517 g/mol. The van der Waals surface area contributed by atoms with Crippen LogP contribution in [-0.2, 0) is 6.42 Å². The molecule has 3 nitrogen and oxygen atoms in total. The van der Waals surface area contributed by atoms with Gasteiger partial charge in [-0.15, -0.1) is 0 Å². The Bertz CT molecular complexity index is 988. The normalized spacial score (nSPS) is 21.7. The summed E-state index contributed by atoms with van der Waals surface area (Å²) in [4.78, 5) is 2.78. The molecule has 1 aliphatic heterocycles. The second-order valence-electron chi connectivity index (χ2n) is 9.37. The Kier molecular flexibility index (Phi) is 7.11. The van der Waals surface area contributed by atoms with Gasteiger partial charge in [0.25, 0.3) is 0 Å². The molecule has 3 unspecified atom stereocenters. The third-order valence-electron chi connectivity index (χ3n) is 6.51. The van der Waals surface area contributed by atoms with Crippen LogP contribution in [-0.4, -0.2) is 46.3 Å². The number of aryl methyl sites for hydroxylation is 1. The quantitative estimate of drug-likeness (QED) is 0.199. The fourth-order valence-electron chi connectivity index (χ4n) is 5.13. The summed E-state index contributed by atoms with van der Waals surface area (Å²) in [5.74, 6) is 2.02. The molecule has 0 N–H and O–H groups in total. The summed E-state index contributed by atoms with van der Waals surface area (Å²) in [7, 11) is 0.136.